The van der Waals surface area contributed by atoms with Crippen LogP contribution in [0.3, 0.4) is 0 Å². The highest BCUT2D eigenvalue weighted by atomic mass is 32.2. The van der Waals surface area contributed by atoms with E-state index in [9.17, 15) is 18.3 Å². The number of nitrogen functional groups attached to an aromatic ring is 1. The van der Waals surface area contributed by atoms with Gasteiger partial charge in [-0.1, -0.05) is 50.3 Å². The number of rotatable bonds is 13. The third-order valence-electron chi connectivity index (χ3n) is 7.00. The van der Waals surface area contributed by atoms with Crippen molar-refractivity contribution in [3.63, 3.8) is 0 Å². The maximum atomic E-state index is 13.9. The van der Waals surface area contributed by atoms with Gasteiger partial charge in [-0.25, -0.2) is 23.4 Å². The minimum absolute atomic E-state index is 0.0254. The number of ether oxygens (including phenoxy) is 1. The van der Waals surface area contributed by atoms with Crippen molar-refractivity contribution >= 4 is 27.6 Å². The van der Waals surface area contributed by atoms with E-state index in [1.807, 2.05) is 44.2 Å². The lowest BCUT2D eigenvalue weighted by Crippen LogP contribution is -2.52. The molecule has 0 fully saturated rings. The molecule has 2 heterocycles. The standard InChI is InChI=1S/C30H39N7O5S/c1-18(2)15-37(43(40,41)23-11-10-22-13-27(31)35-24(22)14-23)16-26(38)25(12-21-8-6-5-7-9-21)36-28(39)17-42-29-19(3)33-30(32)34-20(29)4/h5-11,13,18,25-26,38H,12,14-17,31H2,1-4H3,(H,36,39)(H2,32,33,34). The first-order valence-corrected chi connectivity index (χ1v) is 15.5. The fourth-order valence-electron chi connectivity index (χ4n) is 5.02. The Labute approximate surface area is 252 Å². The van der Waals surface area contributed by atoms with Gasteiger partial charge in [0.2, 0.25) is 16.0 Å². The number of amides is 1. The summed E-state index contributed by atoms with van der Waals surface area (Å²) in [4.78, 5) is 25.6. The zero-order chi connectivity index (χ0) is 31.3. The Hall–Kier alpha value is -4.07. The number of allylic oxidation sites excluding steroid dienone is 5. The topological polar surface area (TPSA) is 186 Å². The highest BCUT2D eigenvalue weighted by Gasteiger charge is 2.34. The Balaban J connectivity index is 1.52. The van der Waals surface area contributed by atoms with Crippen LogP contribution in [0.15, 0.2) is 69.9 Å². The molecule has 13 heteroatoms. The number of aliphatic hydroxyl groups is 1. The summed E-state index contributed by atoms with van der Waals surface area (Å²) in [5, 5.41) is 14.3. The first kappa shape index (κ1) is 31.9. The number of anilines is 1. The molecule has 43 heavy (non-hydrogen) atoms. The molecule has 12 nitrogen and oxygen atoms in total. The number of benzene rings is 1. The number of aliphatic hydroxyl groups excluding tert-OH is 1. The van der Waals surface area contributed by atoms with Gasteiger partial charge in [-0.05, 0) is 43.9 Å². The van der Waals surface area contributed by atoms with E-state index in [4.69, 9.17) is 16.2 Å². The summed E-state index contributed by atoms with van der Waals surface area (Å²) in [5.74, 6) is 0.269. The summed E-state index contributed by atoms with van der Waals surface area (Å²) in [7, 11) is -3.98. The minimum atomic E-state index is -3.98. The van der Waals surface area contributed by atoms with Crippen LogP contribution < -0.4 is 21.5 Å². The van der Waals surface area contributed by atoms with E-state index in [0.29, 0.717) is 28.7 Å². The van der Waals surface area contributed by atoms with Crippen molar-refractivity contribution in [3.05, 3.63) is 81.8 Å². The highest BCUT2D eigenvalue weighted by molar-refractivity contribution is 7.93. The van der Waals surface area contributed by atoms with Crippen LogP contribution in [-0.4, -0.2) is 71.3 Å². The summed E-state index contributed by atoms with van der Waals surface area (Å²) in [5.41, 5.74) is 14.7. The number of aromatic nitrogens is 2. The maximum absolute atomic E-state index is 13.9. The minimum Gasteiger partial charge on any atom is -0.480 e. The second kappa shape index (κ2) is 13.5. The van der Waals surface area contributed by atoms with Crippen LogP contribution in [-0.2, 0) is 21.2 Å². The van der Waals surface area contributed by atoms with Crippen molar-refractivity contribution in [2.75, 3.05) is 25.4 Å². The van der Waals surface area contributed by atoms with Gasteiger partial charge in [0, 0.05) is 25.1 Å². The molecular weight excluding hydrogens is 570 g/mol. The Bertz CT molecular complexity index is 1560. The number of aliphatic imine (C=N–C) groups is 1. The molecule has 0 radical (unpaired) electrons. The smallest absolute Gasteiger partial charge is 0.258 e. The van der Waals surface area contributed by atoms with Gasteiger partial charge in [0.05, 0.1) is 34.2 Å². The summed E-state index contributed by atoms with van der Waals surface area (Å²) >= 11 is 0. The molecule has 1 aliphatic heterocycles. The molecule has 1 amide bonds. The normalized spacial score (nSPS) is 16.2. The number of carbonyl (C=O) groups excluding carboxylic acids is 1. The van der Waals surface area contributed by atoms with Crippen LogP contribution in [0.2, 0.25) is 0 Å². The van der Waals surface area contributed by atoms with Crippen LogP contribution >= 0.6 is 0 Å². The average Bonchev–Trinajstić information content (AvgIpc) is 3.31. The van der Waals surface area contributed by atoms with Gasteiger partial charge in [0.15, 0.2) is 12.4 Å². The summed E-state index contributed by atoms with van der Waals surface area (Å²) < 4.78 is 34.7. The highest BCUT2D eigenvalue weighted by Crippen LogP contribution is 2.29. The predicted octanol–water partition coefficient (Wildman–Crippen LogP) is 1.90. The number of nitrogens with two attached hydrogens (primary N) is 2. The van der Waals surface area contributed by atoms with Gasteiger partial charge >= 0.3 is 0 Å². The fraction of sp³-hybridized carbons (Fsp3) is 0.400. The molecule has 1 aliphatic carbocycles. The average molecular weight is 610 g/mol. The summed E-state index contributed by atoms with van der Waals surface area (Å²) in [6, 6.07) is 8.52. The monoisotopic (exact) mass is 609 g/mol. The van der Waals surface area contributed by atoms with Crippen molar-refractivity contribution < 1.29 is 23.1 Å². The Morgan fingerprint density at radius 3 is 2.42 bits per heavy atom. The van der Waals surface area contributed by atoms with Crippen molar-refractivity contribution in [1.29, 1.82) is 0 Å². The lowest BCUT2D eigenvalue weighted by molar-refractivity contribution is -0.124. The number of hydrogen-bond acceptors (Lipinski definition) is 10. The molecule has 0 saturated carbocycles. The first-order valence-electron chi connectivity index (χ1n) is 14.0. The van der Waals surface area contributed by atoms with Gasteiger partial charge in [0.25, 0.3) is 5.91 Å². The lowest BCUT2D eigenvalue weighted by atomic mass is 10.0. The van der Waals surface area contributed by atoms with Crippen molar-refractivity contribution in [1.82, 2.24) is 19.6 Å². The zero-order valence-corrected chi connectivity index (χ0v) is 25.6. The molecular formula is C30H39N7O5S. The fourth-order valence-corrected chi connectivity index (χ4v) is 6.76. The van der Waals surface area contributed by atoms with Crippen LogP contribution in [0.5, 0.6) is 5.75 Å². The number of nitrogens with one attached hydrogen (secondary N) is 1. The number of sulfonamides is 1. The molecule has 2 atom stereocenters. The number of carbonyl (C=O) groups is 1. The van der Waals surface area contributed by atoms with Gasteiger partial charge in [-0.15, -0.1) is 0 Å². The second-order valence-corrected chi connectivity index (χ2v) is 13.1. The van der Waals surface area contributed by atoms with E-state index >= 15 is 0 Å². The van der Waals surface area contributed by atoms with E-state index in [0.717, 1.165) is 11.1 Å². The first-order chi connectivity index (χ1) is 20.3. The van der Waals surface area contributed by atoms with Crippen LogP contribution in [0.4, 0.5) is 5.95 Å². The lowest BCUT2D eigenvalue weighted by Gasteiger charge is -2.31. The molecule has 230 valence electrons. The van der Waals surface area contributed by atoms with E-state index in [1.165, 1.54) is 4.31 Å². The molecule has 0 saturated heterocycles. The molecule has 0 spiro atoms. The molecule has 1 aromatic carbocycles. The van der Waals surface area contributed by atoms with Gasteiger partial charge in [0.1, 0.15) is 5.82 Å². The van der Waals surface area contributed by atoms with Crippen LogP contribution in [0.1, 0.15) is 37.2 Å². The number of hydrogen-bond donors (Lipinski definition) is 4. The molecule has 6 N–H and O–H groups in total. The summed E-state index contributed by atoms with van der Waals surface area (Å²) in [6.07, 6.45) is 4.08. The second-order valence-electron chi connectivity index (χ2n) is 11.1. The SMILES string of the molecule is Cc1nc(N)nc(C)c1OCC(=O)NC(Cc1ccccc1)C(O)CN(CC(C)C)S(=O)(=O)C1=CC=C2C=C(N)N=C2C1. The molecule has 2 aliphatic rings. The predicted molar refractivity (Wildman–Crippen MR) is 165 cm³/mol. The largest absolute Gasteiger partial charge is 0.480 e. The van der Waals surface area contributed by atoms with Gasteiger partial charge < -0.3 is 26.6 Å². The zero-order valence-electron chi connectivity index (χ0n) is 24.8. The Kier molecular flexibility index (Phi) is 9.99. The molecule has 1 aromatic heterocycles. The van der Waals surface area contributed by atoms with Gasteiger partial charge in [-0.3, -0.25) is 4.79 Å². The van der Waals surface area contributed by atoms with E-state index < -0.39 is 28.1 Å². The summed E-state index contributed by atoms with van der Waals surface area (Å²) in [6.45, 7) is 6.79. The molecule has 4 rings (SSSR count). The van der Waals surface area contributed by atoms with Crippen molar-refractivity contribution in [2.45, 2.75) is 52.7 Å². The number of aryl methyl sites for hydroxylation is 2. The van der Waals surface area contributed by atoms with Crippen LogP contribution in [0, 0.1) is 19.8 Å². The van der Waals surface area contributed by atoms with Crippen molar-refractivity contribution in [2.24, 2.45) is 16.6 Å². The third-order valence-corrected chi connectivity index (χ3v) is 8.92. The van der Waals surface area contributed by atoms with E-state index in [2.05, 4.69) is 20.3 Å². The molecule has 2 unspecified atom stereocenters. The van der Waals surface area contributed by atoms with E-state index in [-0.39, 0.29) is 49.3 Å². The van der Waals surface area contributed by atoms with Gasteiger partial charge in [-0.2, -0.15) is 4.31 Å². The maximum Gasteiger partial charge on any atom is 0.258 e. The van der Waals surface area contributed by atoms with Crippen molar-refractivity contribution in [3.8, 4) is 5.75 Å². The Morgan fingerprint density at radius 1 is 1.09 bits per heavy atom. The number of fused-ring (bicyclic) bond motifs is 1. The van der Waals surface area contributed by atoms with Crippen LogP contribution in [0.25, 0.3) is 0 Å². The number of nitrogens with zero attached hydrogens (tertiary/aromatic N) is 4. The Morgan fingerprint density at radius 2 is 1.77 bits per heavy atom. The molecule has 0 bridgehead atoms. The quantitative estimate of drug-likeness (QED) is 0.263. The third kappa shape index (κ3) is 8.06. The molecule has 2 aromatic rings. The van der Waals surface area contributed by atoms with E-state index in [1.54, 1.807) is 32.1 Å².